The van der Waals surface area contributed by atoms with E-state index in [9.17, 15) is 15.0 Å². The van der Waals surface area contributed by atoms with Gasteiger partial charge < -0.3 is 15.5 Å². The Labute approximate surface area is 338 Å². The minimum Gasteiger partial charge on any atom is -0.394 e. The van der Waals surface area contributed by atoms with E-state index < -0.39 is 12.1 Å². The molecular formula is C50H95NO3. The number of amides is 1. The third kappa shape index (κ3) is 41.8. The molecule has 0 saturated carbocycles. The predicted molar refractivity (Wildman–Crippen MR) is 239 cm³/mol. The zero-order valence-electron chi connectivity index (χ0n) is 36.5. The summed E-state index contributed by atoms with van der Waals surface area (Å²) in [5.41, 5.74) is 0. The number of carbonyl (C=O) groups excluding carboxylic acids is 1. The average molecular weight is 758 g/mol. The molecule has 318 valence electrons. The molecule has 2 unspecified atom stereocenters. The summed E-state index contributed by atoms with van der Waals surface area (Å²) in [6.45, 7) is 4.24. The quantitative estimate of drug-likeness (QED) is 0.0428. The van der Waals surface area contributed by atoms with E-state index in [1.807, 2.05) is 6.08 Å². The molecular weight excluding hydrogens is 663 g/mol. The minimum atomic E-state index is -0.864. The standard InChI is InChI=1S/C50H95NO3/c1-3-5-7-9-11-13-15-16-17-18-19-20-21-22-23-24-25-26-27-28-29-30-31-32-33-34-35-36-37-39-41-43-45-49(53)48(47-52)51-50(54)46-44-42-40-38-14-12-10-8-6-4-2/h8,10,36-37,43,45,48-49,52-53H,3-7,9,11-35,38-42,44,46-47H2,1-2H3,(H,51,54)/b10-8-,37-36+,45-43+. The highest BCUT2D eigenvalue weighted by Crippen LogP contribution is 2.16. The number of aliphatic hydroxyl groups excluding tert-OH is 2. The molecule has 0 fully saturated rings. The van der Waals surface area contributed by atoms with Crippen LogP contribution in [0.4, 0.5) is 0 Å². The van der Waals surface area contributed by atoms with Gasteiger partial charge in [-0.2, -0.15) is 0 Å². The second-order valence-corrected chi connectivity index (χ2v) is 16.5. The summed E-state index contributed by atoms with van der Waals surface area (Å²) in [7, 11) is 0. The lowest BCUT2D eigenvalue weighted by molar-refractivity contribution is -0.123. The van der Waals surface area contributed by atoms with Crippen molar-refractivity contribution in [3.63, 3.8) is 0 Å². The average Bonchev–Trinajstić information content (AvgIpc) is 3.18. The lowest BCUT2D eigenvalue weighted by atomic mass is 10.0. The molecule has 0 aliphatic heterocycles. The summed E-state index contributed by atoms with van der Waals surface area (Å²) < 4.78 is 0. The monoisotopic (exact) mass is 758 g/mol. The van der Waals surface area contributed by atoms with Gasteiger partial charge in [-0.1, -0.05) is 237 Å². The Bertz CT molecular complexity index is 821. The summed E-state index contributed by atoms with van der Waals surface area (Å²) in [5.74, 6) is -0.0852. The number of rotatable bonds is 44. The van der Waals surface area contributed by atoms with E-state index in [1.54, 1.807) is 6.08 Å². The molecule has 3 N–H and O–H groups in total. The van der Waals surface area contributed by atoms with Gasteiger partial charge in [0.25, 0.3) is 0 Å². The van der Waals surface area contributed by atoms with Crippen LogP contribution >= 0.6 is 0 Å². The lowest BCUT2D eigenvalue weighted by Gasteiger charge is -2.19. The number of carbonyl (C=O) groups is 1. The number of allylic oxidation sites excluding steroid dienone is 5. The molecule has 0 bridgehead atoms. The molecule has 54 heavy (non-hydrogen) atoms. The molecule has 0 aromatic carbocycles. The summed E-state index contributed by atoms with van der Waals surface area (Å²) in [4.78, 5) is 12.3. The van der Waals surface area contributed by atoms with Crippen molar-refractivity contribution in [1.82, 2.24) is 5.32 Å². The molecule has 0 aromatic rings. The molecule has 0 aliphatic carbocycles. The van der Waals surface area contributed by atoms with Crippen LogP contribution in [0.25, 0.3) is 0 Å². The van der Waals surface area contributed by atoms with Crippen LogP contribution in [0.5, 0.6) is 0 Å². The highest BCUT2D eigenvalue weighted by Gasteiger charge is 2.17. The van der Waals surface area contributed by atoms with Crippen molar-refractivity contribution in [2.24, 2.45) is 0 Å². The molecule has 0 spiro atoms. The van der Waals surface area contributed by atoms with Crippen molar-refractivity contribution < 1.29 is 15.0 Å². The van der Waals surface area contributed by atoms with E-state index in [1.165, 1.54) is 193 Å². The van der Waals surface area contributed by atoms with Gasteiger partial charge in [-0.25, -0.2) is 0 Å². The molecule has 0 aliphatic rings. The smallest absolute Gasteiger partial charge is 0.220 e. The maximum Gasteiger partial charge on any atom is 0.220 e. The van der Waals surface area contributed by atoms with Crippen molar-refractivity contribution in [2.45, 2.75) is 270 Å². The molecule has 0 radical (unpaired) electrons. The maximum absolute atomic E-state index is 12.3. The van der Waals surface area contributed by atoms with Crippen molar-refractivity contribution in [1.29, 1.82) is 0 Å². The lowest BCUT2D eigenvalue weighted by Crippen LogP contribution is -2.45. The molecule has 0 rings (SSSR count). The summed E-state index contributed by atoms with van der Waals surface area (Å²) in [5, 5.41) is 22.9. The van der Waals surface area contributed by atoms with Gasteiger partial charge in [0.15, 0.2) is 0 Å². The third-order valence-electron chi connectivity index (χ3n) is 11.1. The molecule has 0 aromatic heterocycles. The Morgan fingerprint density at radius 2 is 0.759 bits per heavy atom. The predicted octanol–water partition coefficient (Wildman–Crippen LogP) is 15.4. The second-order valence-electron chi connectivity index (χ2n) is 16.5. The van der Waals surface area contributed by atoms with Crippen LogP contribution in [0, 0.1) is 0 Å². The van der Waals surface area contributed by atoms with E-state index in [4.69, 9.17) is 0 Å². The Morgan fingerprint density at radius 1 is 0.426 bits per heavy atom. The molecule has 1 amide bonds. The first-order valence-corrected chi connectivity index (χ1v) is 24.2. The SMILES string of the molecule is CCC/C=C\CCCCCCCC(=O)NC(CO)C(O)/C=C/CC/C=C/CCCCCCCCCCCCCCCCCCCCCCCCCCCC. The summed E-state index contributed by atoms with van der Waals surface area (Å²) in [6, 6.07) is -0.641. The van der Waals surface area contributed by atoms with E-state index in [0.29, 0.717) is 6.42 Å². The number of nitrogens with one attached hydrogen (secondary N) is 1. The molecule has 4 heteroatoms. The first-order chi connectivity index (χ1) is 26.7. The Balaban J connectivity index is 3.46. The van der Waals surface area contributed by atoms with Gasteiger partial charge in [-0.15, -0.1) is 0 Å². The highest BCUT2D eigenvalue weighted by molar-refractivity contribution is 5.76. The number of hydrogen-bond donors (Lipinski definition) is 3. The highest BCUT2D eigenvalue weighted by atomic mass is 16.3. The zero-order valence-corrected chi connectivity index (χ0v) is 36.5. The normalized spacial score (nSPS) is 13.2. The van der Waals surface area contributed by atoms with E-state index in [2.05, 4.69) is 43.5 Å². The fourth-order valence-electron chi connectivity index (χ4n) is 7.37. The van der Waals surface area contributed by atoms with Crippen molar-refractivity contribution >= 4 is 5.91 Å². The van der Waals surface area contributed by atoms with Crippen LogP contribution in [0.2, 0.25) is 0 Å². The van der Waals surface area contributed by atoms with Crippen molar-refractivity contribution in [3.05, 3.63) is 36.5 Å². The second kappa shape index (κ2) is 46.0. The minimum absolute atomic E-state index is 0.0852. The van der Waals surface area contributed by atoms with Gasteiger partial charge in [0.2, 0.25) is 5.91 Å². The molecule has 0 heterocycles. The van der Waals surface area contributed by atoms with Gasteiger partial charge in [-0.05, 0) is 51.4 Å². The molecule has 2 atom stereocenters. The van der Waals surface area contributed by atoms with E-state index in [0.717, 1.165) is 44.9 Å². The Kier molecular flexibility index (Phi) is 44.8. The van der Waals surface area contributed by atoms with Crippen LogP contribution < -0.4 is 5.32 Å². The third-order valence-corrected chi connectivity index (χ3v) is 11.1. The zero-order chi connectivity index (χ0) is 39.3. The number of hydrogen-bond acceptors (Lipinski definition) is 3. The molecule has 0 saturated heterocycles. The Morgan fingerprint density at radius 3 is 1.15 bits per heavy atom. The van der Waals surface area contributed by atoms with Gasteiger partial charge >= 0.3 is 0 Å². The fraction of sp³-hybridized carbons (Fsp3) is 0.860. The van der Waals surface area contributed by atoms with Crippen LogP contribution in [-0.4, -0.2) is 34.9 Å². The van der Waals surface area contributed by atoms with Gasteiger partial charge in [0, 0.05) is 6.42 Å². The van der Waals surface area contributed by atoms with Crippen molar-refractivity contribution in [3.8, 4) is 0 Å². The number of aliphatic hydroxyl groups is 2. The first kappa shape index (κ1) is 52.6. The van der Waals surface area contributed by atoms with Crippen LogP contribution in [0.1, 0.15) is 258 Å². The van der Waals surface area contributed by atoms with Gasteiger partial charge in [-0.3, -0.25) is 4.79 Å². The van der Waals surface area contributed by atoms with E-state index in [-0.39, 0.29) is 12.5 Å². The van der Waals surface area contributed by atoms with Crippen LogP contribution in [0.3, 0.4) is 0 Å². The topological polar surface area (TPSA) is 69.6 Å². The molecule has 4 nitrogen and oxygen atoms in total. The maximum atomic E-state index is 12.3. The summed E-state index contributed by atoms with van der Waals surface area (Å²) >= 11 is 0. The number of unbranched alkanes of at least 4 members (excludes halogenated alkanes) is 33. The largest absolute Gasteiger partial charge is 0.394 e. The van der Waals surface area contributed by atoms with Crippen LogP contribution in [0.15, 0.2) is 36.5 Å². The van der Waals surface area contributed by atoms with E-state index >= 15 is 0 Å². The summed E-state index contributed by atoms with van der Waals surface area (Å²) in [6.07, 6.45) is 61.6. The Hall–Kier alpha value is -1.39. The van der Waals surface area contributed by atoms with Gasteiger partial charge in [0.05, 0.1) is 18.8 Å². The fourth-order valence-corrected chi connectivity index (χ4v) is 7.37. The first-order valence-electron chi connectivity index (χ1n) is 24.2. The van der Waals surface area contributed by atoms with Crippen LogP contribution in [-0.2, 0) is 4.79 Å². The van der Waals surface area contributed by atoms with Gasteiger partial charge in [0.1, 0.15) is 0 Å². The van der Waals surface area contributed by atoms with Crippen molar-refractivity contribution in [2.75, 3.05) is 6.61 Å².